The third-order valence-corrected chi connectivity index (χ3v) is 8.26. The van der Waals surface area contributed by atoms with Gasteiger partial charge in [-0.05, 0) is 85.5 Å². The molecule has 0 aliphatic heterocycles. The summed E-state index contributed by atoms with van der Waals surface area (Å²) in [5.41, 5.74) is 4.44. The lowest BCUT2D eigenvalue weighted by Gasteiger charge is -2.16. The van der Waals surface area contributed by atoms with Crippen LogP contribution in [0.2, 0.25) is 5.02 Å². The van der Waals surface area contributed by atoms with Crippen molar-refractivity contribution in [3.63, 3.8) is 0 Å². The van der Waals surface area contributed by atoms with Crippen molar-refractivity contribution in [3.8, 4) is 0 Å². The van der Waals surface area contributed by atoms with Gasteiger partial charge in [-0.15, -0.1) is 11.8 Å². The molecule has 0 aromatic heterocycles. The standard InChI is InChI=1S/C34H32ClN3O3S/c1-4-31(34(41)37-27-18-17-23(3)29(35)21-27)42-28-16-10-15-26(20-28)36-33(40)30(19-25-14-9-8-11-22(25)2)38-32(39)24-12-6-5-7-13-24/h5-21,31H,4H2,1-3H3,(H,36,40)(H,37,41)(H,38,39)/b30-19-. The van der Waals surface area contributed by atoms with Crippen LogP contribution in [0.1, 0.15) is 40.4 Å². The first-order valence-electron chi connectivity index (χ1n) is 13.5. The van der Waals surface area contributed by atoms with Gasteiger partial charge in [0.1, 0.15) is 5.70 Å². The third kappa shape index (κ3) is 8.35. The topological polar surface area (TPSA) is 87.3 Å². The van der Waals surface area contributed by atoms with E-state index in [0.29, 0.717) is 28.4 Å². The number of carbonyl (C=O) groups excluding carboxylic acids is 3. The number of amides is 3. The summed E-state index contributed by atoms with van der Waals surface area (Å²) in [5, 5.41) is 8.84. The van der Waals surface area contributed by atoms with Crippen molar-refractivity contribution in [2.45, 2.75) is 37.3 Å². The Morgan fingerprint density at radius 1 is 0.810 bits per heavy atom. The van der Waals surface area contributed by atoms with Crippen molar-refractivity contribution >= 4 is 58.5 Å². The quantitative estimate of drug-likeness (QED) is 0.128. The summed E-state index contributed by atoms with van der Waals surface area (Å²) >= 11 is 7.62. The van der Waals surface area contributed by atoms with Crippen LogP contribution in [0.15, 0.2) is 108 Å². The summed E-state index contributed by atoms with van der Waals surface area (Å²) in [5.74, 6) is -0.990. The zero-order valence-corrected chi connectivity index (χ0v) is 25.2. The highest BCUT2D eigenvalue weighted by Gasteiger charge is 2.20. The number of anilines is 2. The van der Waals surface area contributed by atoms with Crippen LogP contribution in [-0.4, -0.2) is 23.0 Å². The van der Waals surface area contributed by atoms with Crippen LogP contribution in [0, 0.1) is 13.8 Å². The van der Waals surface area contributed by atoms with E-state index in [-0.39, 0.29) is 22.8 Å². The molecular weight excluding hydrogens is 566 g/mol. The van der Waals surface area contributed by atoms with E-state index in [2.05, 4.69) is 16.0 Å². The highest BCUT2D eigenvalue weighted by molar-refractivity contribution is 8.00. The first kappa shape index (κ1) is 30.6. The van der Waals surface area contributed by atoms with Gasteiger partial charge < -0.3 is 16.0 Å². The Hall–Kier alpha value is -4.33. The molecule has 6 nitrogen and oxygen atoms in total. The molecular formula is C34H32ClN3O3S. The molecule has 0 aliphatic rings. The zero-order chi connectivity index (χ0) is 30.1. The zero-order valence-electron chi connectivity index (χ0n) is 23.6. The lowest BCUT2D eigenvalue weighted by Crippen LogP contribution is -2.30. The maximum absolute atomic E-state index is 13.5. The first-order chi connectivity index (χ1) is 20.2. The van der Waals surface area contributed by atoms with Crippen molar-refractivity contribution in [2.24, 2.45) is 0 Å². The minimum Gasteiger partial charge on any atom is -0.325 e. The van der Waals surface area contributed by atoms with Crippen LogP contribution in [-0.2, 0) is 9.59 Å². The van der Waals surface area contributed by atoms with Crippen LogP contribution >= 0.6 is 23.4 Å². The van der Waals surface area contributed by atoms with E-state index in [1.807, 2.05) is 81.4 Å². The number of aryl methyl sites for hydroxylation is 2. The fourth-order valence-electron chi connectivity index (χ4n) is 4.07. The van der Waals surface area contributed by atoms with Crippen LogP contribution in [0.4, 0.5) is 11.4 Å². The Morgan fingerprint density at radius 3 is 2.24 bits per heavy atom. The van der Waals surface area contributed by atoms with Crippen LogP contribution in [0.25, 0.3) is 6.08 Å². The van der Waals surface area contributed by atoms with Gasteiger partial charge in [0.15, 0.2) is 0 Å². The number of nitrogens with one attached hydrogen (secondary N) is 3. The van der Waals surface area contributed by atoms with E-state index >= 15 is 0 Å². The fraction of sp³-hybridized carbons (Fsp3) is 0.147. The number of benzene rings is 4. The predicted molar refractivity (Wildman–Crippen MR) is 173 cm³/mol. The minimum absolute atomic E-state index is 0.110. The van der Waals surface area contributed by atoms with Crippen LogP contribution in [0.3, 0.4) is 0 Å². The molecule has 1 unspecified atom stereocenters. The summed E-state index contributed by atoms with van der Waals surface area (Å²) in [6, 6.07) is 29.1. The van der Waals surface area contributed by atoms with E-state index < -0.39 is 5.91 Å². The Bertz CT molecular complexity index is 1620. The van der Waals surface area contributed by atoms with E-state index in [1.165, 1.54) is 11.8 Å². The van der Waals surface area contributed by atoms with Gasteiger partial charge in [-0.25, -0.2) is 0 Å². The van der Waals surface area contributed by atoms with Gasteiger partial charge in [0.25, 0.3) is 11.8 Å². The predicted octanol–water partition coefficient (Wildman–Crippen LogP) is 7.88. The summed E-state index contributed by atoms with van der Waals surface area (Å²) in [6.45, 7) is 5.79. The first-order valence-corrected chi connectivity index (χ1v) is 14.8. The van der Waals surface area contributed by atoms with E-state index in [4.69, 9.17) is 11.6 Å². The Kier molecular flexibility index (Phi) is 10.6. The molecule has 4 rings (SSSR count). The number of halogens is 1. The maximum atomic E-state index is 13.5. The number of carbonyl (C=O) groups is 3. The average Bonchev–Trinajstić information content (AvgIpc) is 2.99. The van der Waals surface area contributed by atoms with Crippen molar-refractivity contribution in [1.29, 1.82) is 0 Å². The van der Waals surface area contributed by atoms with Crippen LogP contribution in [0.5, 0.6) is 0 Å². The van der Waals surface area contributed by atoms with Gasteiger partial charge in [0.05, 0.1) is 5.25 Å². The second-order valence-electron chi connectivity index (χ2n) is 9.68. The van der Waals surface area contributed by atoms with Gasteiger partial charge in [0, 0.05) is 26.9 Å². The highest BCUT2D eigenvalue weighted by Crippen LogP contribution is 2.29. The highest BCUT2D eigenvalue weighted by atomic mass is 35.5. The van der Waals surface area contributed by atoms with Crippen molar-refractivity contribution in [1.82, 2.24) is 5.32 Å². The normalized spacial score (nSPS) is 11.9. The van der Waals surface area contributed by atoms with Crippen LogP contribution < -0.4 is 16.0 Å². The molecule has 0 saturated heterocycles. The largest absolute Gasteiger partial charge is 0.325 e. The summed E-state index contributed by atoms with van der Waals surface area (Å²) < 4.78 is 0. The van der Waals surface area contributed by atoms with E-state index in [9.17, 15) is 14.4 Å². The lowest BCUT2D eigenvalue weighted by molar-refractivity contribution is -0.116. The Morgan fingerprint density at radius 2 is 1.52 bits per heavy atom. The van der Waals surface area contributed by atoms with E-state index in [1.54, 1.807) is 42.5 Å². The SMILES string of the molecule is CCC(Sc1cccc(NC(=O)/C(=C/c2ccccc2C)NC(=O)c2ccccc2)c1)C(=O)Nc1ccc(C)c(Cl)c1. The molecule has 8 heteroatoms. The number of rotatable bonds is 10. The molecule has 1 atom stereocenters. The Labute approximate surface area is 255 Å². The summed E-state index contributed by atoms with van der Waals surface area (Å²) in [4.78, 5) is 40.3. The Balaban J connectivity index is 1.50. The molecule has 4 aromatic rings. The van der Waals surface area contributed by atoms with Gasteiger partial charge >= 0.3 is 0 Å². The molecule has 3 N–H and O–H groups in total. The molecule has 214 valence electrons. The number of hydrogen-bond acceptors (Lipinski definition) is 4. The smallest absolute Gasteiger partial charge is 0.272 e. The fourth-order valence-corrected chi connectivity index (χ4v) is 5.27. The second kappa shape index (κ2) is 14.5. The maximum Gasteiger partial charge on any atom is 0.272 e. The monoisotopic (exact) mass is 597 g/mol. The lowest BCUT2D eigenvalue weighted by atomic mass is 10.1. The van der Waals surface area contributed by atoms with Gasteiger partial charge in [0.2, 0.25) is 5.91 Å². The molecule has 0 heterocycles. The molecule has 0 fully saturated rings. The summed E-state index contributed by atoms with van der Waals surface area (Å²) in [6.07, 6.45) is 2.26. The minimum atomic E-state index is -0.467. The third-order valence-electron chi connectivity index (χ3n) is 6.49. The summed E-state index contributed by atoms with van der Waals surface area (Å²) in [7, 11) is 0. The van der Waals surface area contributed by atoms with Crippen molar-refractivity contribution in [3.05, 3.63) is 130 Å². The number of thioether (sulfide) groups is 1. The van der Waals surface area contributed by atoms with Gasteiger partial charge in [-0.3, -0.25) is 14.4 Å². The molecule has 42 heavy (non-hydrogen) atoms. The molecule has 0 radical (unpaired) electrons. The molecule has 4 aromatic carbocycles. The van der Waals surface area contributed by atoms with E-state index in [0.717, 1.165) is 21.6 Å². The van der Waals surface area contributed by atoms with Gasteiger partial charge in [-0.1, -0.05) is 73.1 Å². The molecule has 0 spiro atoms. The molecule has 0 bridgehead atoms. The average molecular weight is 598 g/mol. The van der Waals surface area contributed by atoms with Crippen molar-refractivity contribution < 1.29 is 14.4 Å². The molecule has 0 aliphatic carbocycles. The second-order valence-corrected chi connectivity index (χ2v) is 11.4. The van der Waals surface area contributed by atoms with Gasteiger partial charge in [-0.2, -0.15) is 0 Å². The molecule has 0 saturated carbocycles. The van der Waals surface area contributed by atoms with Crippen molar-refractivity contribution in [2.75, 3.05) is 10.6 Å². The molecule has 3 amide bonds. The number of hydrogen-bond donors (Lipinski definition) is 3.